The number of hydrogen-bond acceptors (Lipinski definition) is 3. The molecule has 0 spiro atoms. The first kappa shape index (κ1) is 13.4. The van der Waals surface area contributed by atoms with E-state index in [0.717, 1.165) is 19.3 Å². The average Bonchev–Trinajstić information content (AvgIpc) is 2.88. The average molecular weight is 254 g/mol. The topological polar surface area (TPSA) is 63.6 Å². The van der Waals surface area contributed by atoms with E-state index in [0.29, 0.717) is 6.42 Å². The lowest BCUT2D eigenvalue weighted by atomic mass is 9.86. The maximum absolute atomic E-state index is 12.0. The molecule has 0 aromatic carbocycles. The highest BCUT2D eigenvalue weighted by atomic mass is 16.5. The van der Waals surface area contributed by atoms with Gasteiger partial charge in [0.2, 0.25) is 0 Å². The quantitative estimate of drug-likeness (QED) is 0.783. The predicted molar refractivity (Wildman–Crippen MR) is 65.9 cm³/mol. The summed E-state index contributed by atoms with van der Waals surface area (Å²) in [5, 5.41) is 9.06. The zero-order valence-corrected chi connectivity index (χ0v) is 11.3. The fourth-order valence-corrected chi connectivity index (χ4v) is 3.11. The lowest BCUT2D eigenvalue weighted by Crippen LogP contribution is -2.35. The molecule has 2 bridgehead atoms. The molecule has 2 aliphatic carbocycles. The number of ether oxygens (including phenoxy) is 1. The molecule has 4 unspecified atom stereocenters. The van der Waals surface area contributed by atoms with Crippen LogP contribution in [0.1, 0.15) is 46.5 Å². The fraction of sp³-hybridized carbons (Fsp3) is 0.857. The van der Waals surface area contributed by atoms with Gasteiger partial charge in [-0.25, -0.2) is 0 Å². The molecule has 2 aliphatic rings. The van der Waals surface area contributed by atoms with Crippen molar-refractivity contribution in [2.45, 2.75) is 52.6 Å². The van der Waals surface area contributed by atoms with Gasteiger partial charge in [-0.05, 0) is 51.4 Å². The fourth-order valence-electron chi connectivity index (χ4n) is 3.11. The standard InChI is InChI=1S/C14H22O4/c1-4-14(2,3)13(17)18-11-7-8-5-9(11)6-10(8)12(15)16/h8-11H,4-7H2,1-3H3,(H,15,16). The van der Waals surface area contributed by atoms with E-state index in [1.165, 1.54) is 0 Å². The predicted octanol–water partition coefficient (Wildman–Crippen LogP) is 2.47. The molecule has 4 nitrogen and oxygen atoms in total. The number of carbonyl (C=O) groups is 2. The van der Waals surface area contributed by atoms with Crippen molar-refractivity contribution in [3.8, 4) is 0 Å². The van der Waals surface area contributed by atoms with Gasteiger partial charge in [-0.3, -0.25) is 9.59 Å². The summed E-state index contributed by atoms with van der Waals surface area (Å²) < 4.78 is 5.60. The van der Waals surface area contributed by atoms with Crippen LogP contribution in [0.3, 0.4) is 0 Å². The highest BCUT2D eigenvalue weighted by Gasteiger charge is 2.50. The summed E-state index contributed by atoms with van der Waals surface area (Å²) >= 11 is 0. The van der Waals surface area contributed by atoms with Gasteiger partial charge < -0.3 is 9.84 Å². The molecular formula is C14H22O4. The summed E-state index contributed by atoms with van der Waals surface area (Å²) in [6.45, 7) is 5.76. The number of hydrogen-bond donors (Lipinski definition) is 1. The Kier molecular flexibility index (Phi) is 3.39. The van der Waals surface area contributed by atoms with Gasteiger partial charge in [-0.15, -0.1) is 0 Å². The van der Waals surface area contributed by atoms with Crippen molar-refractivity contribution in [3.05, 3.63) is 0 Å². The van der Waals surface area contributed by atoms with Crippen LogP contribution < -0.4 is 0 Å². The second-order valence-electron chi connectivity index (χ2n) is 6.35. The molecule has 0 aromatic heterocycles. The molecule has 2 rings (SSSR count). The normalized spacial score (nSPS) is 34.6. The minimum atomic E-state index is -0.693. The van der Waals surface area contributed by atoms with E-state index < -0.39 is 11.4 Å². The largest absolute Gasteiger partial charge is 0.481 e. The number of carboxylic acid groups (broad SMARTS) is 1. The monoisotopic (exact) mass is 254 g/mol. The first-order valence-electron chi connectivity index (χ1n) is 6.79. The van der Waals surface area contributed by atoms with Crippen molar-refractivity contribution in [2.24, 2.45) is 23.2 Å². The molecule has 0 heterocycles. The summed E-state index contributed by atoms with van der Waals surface area (Å²) in [4.78, 5) is 23.0. The van der Waals surface area contributed by atoms with E-state index >= 15 is 0 Å². The molecule has 4 atom stereocenters. The van der Waals surface area contributed by atoms with Crippen LogP contribution in [-0.4, -0.2) is 23.1 Å². The minimum Gasteiger partial charge on any atom is -0.481 e. The zero-order valence-electron chi connectivity index (χ0n) is 11.3. The highest BCUT2D eigenvalue weighted by molar-refractivity contribution is 5.76. The van der Waals surface area contributed by atoms with Gasteiger partial charge in [0.1, 0.15) is 6.10 Å². The summed E-state index contributed by atoms with van der Waals surface area (Å²) in [6, 6.07) is 0. The van der Waals surface area contributed by atoms with Crippen LogP contribution in [0, 0.1) is 23.2 Å². The third-order valence-electron chi connectivity index (χ3n) is 4.80. The molecule has 0 amide bonds. The maximum Gasteiger partial charge on any atom is 0.311 e. The molecule has 4 heteroatoms. The maximum atomic E-state index is 12.0. The van der Waals surface area contributed by atoms with E-state index in [1.807, 2.05) is 20.8 Å². The van der Waals surface area contributed by atoms with E-state index in [9.17, 15) is 9.59 Å². The molecule has 0 aromatic rings. The smallest absolute Gasteiger partial charge is 0.311 e. The number of fused-ring (bicyclic) bond motifs is 2. The Hall–Kier alpha value is -1.06. The lowest BCUT2D eigenvalue weighted by Gasteiger charge is -2.29. The van der Waals surface area contributed by atoms with E-state index in [4.69, 9.17) is 9.84 Å². The van der Waals surface area contributed by atoms with Crippen LogP contribution in [0.15, 0.2) is 0 Å². The summed E-state index contributed by atoms with van der Waals surface area (Å²) in [7, 11) is 0. The first-order valence-corrected chi connectivity index (χ1v) is 6.79. The van der Waals surface area contributed by atoms with Crippen LogP contribution in [0.2, 0.25) is 0 Å². The van der Waals surface area contributed by atoms with Gasteiger partial charge in [-0.1, -0.05) is 6.92 Å². The van der Waals surface area contributed by atoms with Crippen molar-refractivity contribution < 1.29 is 19.4 Å². The minimum absolute atomic E-state index is 0.0519. The molecule has 0 aliphatic heterocycles. The molecule has 2 fully saturated rings. The van der Waals surface area contributed by atoms with Crippen LogP contribution >= 0.6 is 0 Å². The molecule has 18 heavy (non-hydrogen) atoms. The third kappa shape index (κ3) is 2.25. The first-order chi connectivity index (χ1) is 8.35. The number of rotatable bonds is 4. The van der Waals surface area contributed by atoms with Gasteiger partial charge in [-0.2, -0.15) is 0 Å². The molecule has 102 valence electrons. The number of esters is 1. The van der Waals surface area contributed by atoms with E-state index in [-0.39, 0.29) is 29.8 Å². The van der Waals surface area contributed by atoms with E-state index in [1.54, 1.807) is 0 Å². The van der Waals surface area contributed by atoms with Gasteiger partial charge in [0.25, 0.3) is 0 Å². The molecule has 0 saturated heterocycles. The van der Waals surface area contributed by atoms with Gasteiger partial charge >= 0.3 is 11.9 Å². The second kappa shape index (κ2) is 4.56. The molecule has 1 N–H and O–H groups in total. The molecular weight excluding hydrogens is 232 g/mol. The van der Waals surface area contributed by atoms with Crippen LogP contribution in [-0.2, 0) is 14.3 Å². The third-order valence-corrected chi connectivity index (χ3v) is 4.80. The van der Waals surface area contributed by atoms with Crippen molar-refractivity contribution in [1.82, 2.24) is 0 Å². The number of aliphatic carboxylic acids is 1. The van der Waals surface area contributed by atoms with Crippen molar-refractivity contribution in [1.29, 1.82) is 0 Å². The summed E-state index contributed by atoms with van der Waals surface area (Å²) in [6.07, 6.45) is 3.01. The van der Waals surface area contributed by atoms with Crippen LogP contribution in [0.4, 0.5) is 0 Å². The Labute approximate surface area is 108 Å². The summed E-state index contributed by atoms with van der Waals surface area (Å²) in [5.41, 5.74) is -0.436. The van der Waals surface area contributed by atoms with Gasteiger partial charge in [0, 0.05) is 0 Å². The lowest BCUT2D eigenvalue weighted by molar-refractivity contribution is -0.163. The van der Waals surface area contributed by atoms with Crippen molar-refractivity contribution in [2.75, 3.05) is 0 Å². The number of carbonyl (C=O) groups excluding carboxylic acids is 1. The van der Waals surface area contributed by atoms with Crippen LogP contribution in [0.25, 0.3) is 0 Å². The van der Waals surface area contributed by atoms with Gasteiger partial charge in [0.15, 0.2) is 0 Å². The van der Waals surface area contributed by atoms with Crippen molar-refractivity contribution >= 4 is 11.9 Å². The SMILES string of the molecule is CCC(C)(C)C(=O)OC1CC2CC1CC2C(=O)O. The summed E-state index contributed by atoms with van der Waals surface area (Å²) in [5.74, 6) is -0.595. The van der Waals surface area contributed by atoms with Crippen molar-refractivity contribution in [3.63, 3.8) is 0 Å². The Morgan fingerprint density at radius 3 is 2.33 bits per heavy atom. The number of carboxylic acids is 1. The zero-order chi connectivity index (χ0) is 13.5. The Morgan fingerprint density at radius 1 is 1.22 bits per heavy atom. The van der Waals surface area contributed by atoms with Crippen LogP contribution in [0.5, 0.6) is 0 Å². The van der Waals surface area contributed by atoms with Gasteiger partial charge in [0.05, 0.1) is 11.3 Å². The molecule has 0 radical (unpaired) electrons. The Bertz CT molecular complexity index is 361. The highest BCUT2D eigenvalue weighted by Crippen LogP contribution is 2.50. The van der Waals surface area contributed by atoms with E-state index in [2.05, 4.69) is 0 Å². The molecule has 2 saturated carbocycles. The second-order valence-corrected chi connectivity index (χ2v) is 6.35. The Morgan fingerprint density at radius 2 is 1.89 bits per heavy atom. The Balaban J connectivity index is 1.93.